The maximum absolute atomic E-state index is 13.5. The largest absolute Gasteiger partial charge is 0.507 e. The minimum absolute atomic E-state index is 0.123. The van der Waals surface area contributed by atoms with Crippen LogP contribution in [0.25, 0.3) is 10.8 Å². The first-order chi connectivity index (χ1) is 7.63. The third-order valence-corrected chi connectivity index (χ3v) is 2.34. The van der Waals surface area contributed by atoms with Crippen molar-refractivity contribution in [2.75, 3.05) is 7.11 Å². The molecule has 0 unspecified atom stereocenters. The van der Waals surface area contributed by atoms with Gasteiger partial charge in [-0.25, -0.2) is 9.18 Å². The molecule has 0 aromatic heterocycles. The third-order valence-electron chi connectivity index (χ3n) is 2.34. The molecule has 0 atom stereocenters. The molecule has 2 aromatic rings. The highest BCUT2D eigenvalue weighted by atomic mass is 19.1. The van der Waals surface area contributed by atoms with Crippen molar-refractivity contribution in [3.63, 3.8) is 0 Å². The number of rotatable bonds is 1. The number of aromatic hydroxyl groups is 1. The van der Waals surface area contributed by atoms with Gasteiger partial charge in [-0.1, -0.05) is 12.1 Å². The molecule has 0 bridgehead atoms. The number of carbonyl (C=O) groups excluding carboxylic acids is 1. The number of methoxy groups -OCH3 is 1. The second-order valence-corrected chi connectivity index (χ2v) is 3.32. The zero-order chi connectivity index (χ0) is 11.7. The van der Waals surface area contributed by atoms with Crippen molar-refractivity contribution in [3.8, 4) is 5.75 Å². The fourth-order valence-electron chi connectivity index (χ4n) is 1.56. The summed E-state index contributed by atoms with van der Waals surface area (Å²) in [5.74, 6) is -1.24. The van der Waals surface area contributed by atoms with Crippen molar-refractivity contribution in [2.24, 2.45) is 0 Å². The van der Waals surface area contributed by atoms with E-state index in [9.17, 15) is 14.3 Å². The molecule has 2 aromatic carbocycles. The molecule has 0 heterocycles. The Balaban J connectivity index is 2.75. The monoisotopic (exact) mass is 220 g/mol. The van der Waals surface area contributed by atoms with Gasteiger partial charge in [0.15, 0.2) is 0 Å². The van der Waals surface area contributed by atoms with Gasteiger partial charge in [-0.2, -0.15) is 0 Å². The second kappa shape index (κ2) is 3.81. The quantitative estimate of drug-likeness (QED) is 0.751. The van der Waals surface area contributed by atoms with Gasteiger partial charge < -0.3 is 9.84 Å². The normalized spacial score (nSPS) is 10.4. The summed E-state index contributed by atoms with van der Waals surface area (Å²) in [6, 6.07) is 6.96. The van der Waals surface area contributed by atoms with Gasteiger partial charge in [0.2, 0.25) is 0 Å². The Morgan fingerprint density at radius 1 is 1.31 bits per heavy atom. The number of hydrogen-bond acceptors (Lipinski definition) is 3. The fraction of sp³-hybridized carbons (Fsp3) is 0.0833. The maximum atomic E-state index is 13.5. The molecule has 0 aliphatic rings. The highest BCUT2D eigenvalue weighted by Crippen LogP contribution is 2.28. The number of halogens is 1. The van der Waals surface area contributed by atoms with Crippen molar-refractivity contribution in [3.05, 3.63) is 41.7 Å². The molecular weight excluding hydrogens is 211 g/mol. The minimum Gasteiger partial charge on any atom is -0.507 e. The minimum atomic E-state index is -0.611. The molecular formula is C12H9FO3. The lowest BCUT2D eigenvalue weighted by Crippen LogP contribution is -2.01. The summed E-state index contributed by atoms with van der Waals surface area (Å²) in [5, 5.41) is 10.2. The summed E-state index contributed by atoms with van der Waals surface area (Å²) in [6.45, 7) is 0. The third kappa shape index (κ3) is 1.58. The lowest BCUT2D eigenvalue weighted by atomic mass is 10.1. The van der Waals surface area contributed by atoms with Crippen LogP contribution in [0.4, 0.5) is 4.39 Å². The van der Waals surface area contributed by atoms with Gasteiger partial charge in [0.05, 0.1) is 12.7 Å². The molecule has 0 amide bonds. The van der Waals surface area contributed by atoms with Gasteiger partial charge >= 0.3 is 5.97 Å². The van der Waals surface area contributed by atoms with Crippen molar-refractivity contribution in [1.82, 2.24) is 0 Å². The number of phenols is 1. The number of fused-ring (bicyclic) bond motifs is 1. The van der Waals surface area contributed by atoms with E-state index in [1.54, 1.807) is 6.07 Å². The summed E-state index contributed by atoms with van der Waals surface area (Å²) in [6.07, 6.45) is 0. The topological polar surface area (TPSA) is 46.5 Å². The van der Waals surface area contributed by atoms with E-state index in [2.05, 4.69) is 4.74 Å². The molecule has 1 N–H and O–H groups in total. The van der Waals surface area contributed by atoms with Crippen molar-refractivity contribution >= 4 is 16.7 Å². The van der Waals surface area contributed by atoms with E-state index in [1.807, 2.05) is 0 Å². The Morgan fingerprint density at radius 2 is 2.06 bits per heavy atom. The number of esters is 1. The summed E-state index contributed by atoms with van der Waals surface area (Å²) in [4.78, 5) is 11.3. The molecule has 4 heteroatoms. The van der Waals surface area contributed by atoms with E-state index in [4.69, 9.17) is 0 Å². The van der Waals surface area contributed by atoms with Gasteiger partial charge in [0.1, 0.15) is 11.6 Å². The summed E-state index contributed by atoms with van der Waals surface area (Å²) in [5.41, 5.74) is 0.123. The number of carbonyl (C=O) groups is 1. The average Bonchev–Trinajstić information content (AvgIpc) is 2.29. The lowest BCUT2D eigenvalue weighted by Gasteiger charge is -2.05. The van der Waals surface area contributed by atoms with E-state index in [1.165, 1.54) is 31.4 Å². The van der Waals surface area contributed by atoms with Crippen LogP contribution < -0.4 is 0 Å². The summed E-state index contributed by atoms with van der Waals surface area (Å²) < 4.78 is 18.0. The van der Waals surface area contributed by atoms with Crippen LogP contribution in [-0.4, -0.2) is 18.2 Å². The van der Waals surface area contributed by atoms with Crippen LogP contribution in [0.1, 0.15) is 10.4 Å². The lowest BCUT2D eigenvalue weighted by molar-refractivity contribution is 0.0600. The second-order valence-electron chi connectivity index (χ2n) is 3.32. The van der Waals surface area contributed by atoms with Gasteiger partial charge in [-0.15, -0.1) is 0 Å². The van der Waals surface area contributed by atoms with E-state index in [-0.39, 0.29) is 16.7 Å². The Kier molecular flexibility index (Phi) is 2.48. The highest BCUT2D eigenvalue weighted by Gasteiger charge is 2.11. The van der Waals surface area contributed by atoms with E-state index >= 15 is 0 Å². The molecule has 3 nitrogen and oxygen atoms in total. The first-order valence-corrected chi connectivity index (χ1v) is 4.63. The van der Waals surface area contributed by atoms with Gasteiger partial charge in [-0.3, -0.25) is 0 Å². The molecule has 0 aliphatic heterocycles. The van der Waals surface area contributed by atoms with Crippen LogP contribution in [0.3, 0.4) is 0 Å². The Hall–Kier alpha value is -2.10. The predicted octanol–water partition coefficient (Wildman–Crippen LogP) is 2.47. The molecule has 0 fully saturated rings. The Labute approximate surface area is 91.1 Å². The molecule has 0 spiro atoms. The number of phenolic OH excluding ortho intramolecular Hbond substituents is 1. The zero-order valence-electron chi connectivity index (χ0n) is 8.53. The predicted molar refractivity (Wildman–Crippen MR) is 56.9 cm³/mol. The molecule has 2 rings (SSSR count). The van der Waals surface area contributed by atoms with Crippen molar-refractivity contribution in [2.45, 2.75) is 0 Å². The molecule has 82 valence electrons. The maximum Gasteiger partial charge on any atom is 0.338 e. The van der Waals surface area contributed by atoms with Crippen LogP contribution in [0.2, 0.25) is 0 Å². The van der Waals surface area contributed by atoms with Crippen LogP contribution >= 0.6 is 0 Å². The van der Waals surface area contributed by atoms with Gasteiger partial charge in [0, 0.05) is 10.8 Å². The van der Waals surface area contributed by atoms with Crippen molar-refractivity contribution in [1.29, 1.82) is 0 Å². The van der Waals surface area contributed by atoms with Gasteiger partial charge in [-0.05, 0) is 18.2 Å². The van der Waals surface area contributed by atoms with Crippen molar-refractivity contribution < 1.29 is 19.0 Å². The first-order valence-electron chi connectivity index (χ1n) is 4.63. The summed E-state index contributed by atoms with van der Waals surface area (Å²) in [7, 11) is 1.23. The van der Waals surface area contributed by atoms with Crippen LogP contribution in [-0.2, 0) is 4.74 Å². The number of hydrogen-bond donors (Lipinski definition) is 1. The zero-order valence-corrected chi connectivity index (χ0v) is 8.53. The number of benzene rings is 2. The molecule has 0 saturated carbocycles. The highest BCUT2D eigenvalue weighted by molar-refractivity contribution is 5.98. The van der Waals surface area contributed by atoms with E-state index < -0.39 is 11.8 Å². The first kappa shape index (κ1) is 10.4. The number of ether oxygens (including phenoxy) is 1. The molecule has 0 saturated heterocycles. The molecule has 0 aliphatic carbocycles. The Morgan fingerprint density at radius 3 is 2.75 bits per heavy atom. The van der Waals surface area contributed by atoms with E-state index in [0.717, 1.165) is 0 Å². The molecule has 16 heavy (non-hydrogen) atoms. The van der Waals surface area contributed by atoms with Crippen LogP contribution in [0.15, 0.2) is 30.3 Å². The SMILES string of the molecule is COC(=O)c1cc(O)c2cccc(F)c2c1. The fourth-order valence-corrected chi connectivity index (χ4v) is 1.56. The van der Waals surface area contributed by atoms with Gasteiger partial charge in [0.25, 0.3) is 0 Å². The Bertz CT molecular complexity index is 563. The summed E-state index contributed by atoms with van der Waals surface area (Å²) >= 11 is 0. The van der Waals surface area contributed by atoms with E-state index in [0.29, 0.717) is 5.39 Å². The smallest absolute Gasteiger partial charge is 0.338 e. The van der Waals surface area contributed by atoms with Crippen LogP contribution in [0, 0.1) is 5.82 Å². The average molecular weight is 220 g/mol. The van der Waals surface area contributed by atoms with Crippen LogP contribution in [0.5, 0.6) is 5.75 Å². The standard InChI is InChI=1S/C12H9FO3/c1-16-12(15)7-5-9-8(11(14)6-7)3-2-4-10(9)13/h2-6,14H,1H3. The molecule has 0 radical (unpaired) electrons.